The van der Waals surface area contributed by atoms with Gasteiger partial charge in [0.1, 0.15) is 0 Å². The molecule has 13 heteroatoms. The molecule has 0 saturated carbocycles. The average Bonchev–Trinajstić information content (AvgIpc) is 2.16. The second kappa shape index (κ2) is 17.4. The van der Waals surface area contributed by atoms with Gasteiger partial charge < -0.3 is 0 Å². The summed E-state index contributed by atoms with van der Waals surface area (Å²) in [6.07, 6.45) is 0. The molecule has 13 heavy (non-hydrogen) atoms. The van der Waals surface area contributed by atoms with Crippen LogP contribution < -0.4 is 0 Å². The van der Waals surface area contributed by atoms with Gasteiger partial charge in [0.05, 0.1) is 0 Å². The van der Waals surface area contributed by atoms with Gasteiger partial charge in [0.25, 0.3) is 0 Å². The van der Waals surface area contributed by atoms with Crippen molar-refractivity contribution in [1.82, 2.24) is 0 Å². The fourth-order valence-electron chi connectivity index (χ4n) is 0.480. The molecule has 6 nitrogen and oxygen atoms in total. The summed E-state index contributed by atoms with van der Waals surface area (Å²) in [7, 11) is 0. The molecule has 0 fully saturated rings. The second-order valence-electron chi connectivity index (χ2n) is 1.98. The fourth-order valence-corrected chi connectivity index (χ4v) is 110. The van der Waals surface area contributed by atoms with Crippen LogP contribution in [0.2, 0.25) is 0 Å². The van der Waals surface area contributed by atoms with E-state index in [1.54, 1.807) is 0 Å². The summed E-state index contributed by atoms with van der Waals surface area (Å²) in [5.41, 5.74) is 0. The Morgan fingerprint density at radius 3 is 1.15 bits per heavy atom. The van der Waals surface area contributed by atoms with Gasteiger partial charge in [-0.05, 0) is 0 Å². The van der Waals surface area contributed by atoms with E-state index < -0.39 is 110 Å². The molecule has 0 aromatic rings. The molecule has 0 atom stereocenters. The first kappa shape index (κ1) is 18.4. The monoisotopic (exact) mass is 951 g/mol. The molecule has 0 aliphatic carbocycles. The third kappa shape index (κ3) is 17.4. The minimum absolute atomic E-state index is 0.384. The molecular formula is H16O6Sn7. The Morgan fingerprint density at radius 2 is 0.846 bits per heavy atom. The summed E-state index contributed by atoms with van der Waals surface area (Å²) in [4.78, 5) is 0. The molecule has 0 bridgehead atoms. The van der Waals surface area contributed by atoms with Gasteiger partial charge in [-0.3, -0.25) is 0 Å². The van der Waals surface area contributed by atoms with E-state index in [-0.39, 0.29) is 0 Å². The minimum atomic E-state index is -1.29. The standard InChI is InChI=1S/6O.7Sn.16H. The predicted octanol–water partition coefficient (Wildman–Crippen LogP) is -7.36. The average molecular weight is 943 g/mol. The van der Waals surface area contributed by atoms with E-state index >= 15 is 0 Å². The van der Waals surface area contributed by atoms with Crippen molar-refractivity contribution in [3.8, 4) is 0 Å². The zero-order valence-electron chi connectivity index (χ0n) is 7.99. The first-order valence-corrected chi connectivity index (χ1v) is 24.8. The summed E-state index contributed by atoms with van der Waals surface area (Å²) >= 11 is -5.35. The molecule has 0 radical (unpaired) electrons. The van der Waals surface area contributed by atoms with Crippen molar-refractivity contribution in [2.75, 3.05) is 0 Å². The Labute approximate surface area is 160 Å². The third-order valence-corrected chi connectivity index (χ3v) is 40.6. The normalized spacial score (nSPS) is 15.7. The van der Waals surface area contributed by atoms with Crippen molar-refractivity contribution < 1.29 is 8.47 Å². The van der Waals surface area contributed by atoms with Crippen LogP contribution in [0.4, 0.5) is 0 Å². The number of hydrogen-bond donors (Lipinski definition) is 0. The van der Waals surface area contributed by atoms with Crippen LogP contribution in [0.15, 0.2) is 0 Å². The molecule has 0 unspecified atom stereocenters. The van der Waals surface area contributed by atoms with Crippen LogP contribution in [0, 0.1) is 0 Å². The maximum atomic E-state index is 5.46. The van der Waals surface area contributed by atoms with Crippen LogP contribution in [0.3, 0.4) is 0 Å². The molecular weight excluding hydrogens is 927 g/mol. The van der Waals surface area contributed by atoms with E-state index in [2.05, 4.69) is 0 Å². The molecule has 0 aromatic carbocycles. The van der Waals surface area contributed by atoms with Gasteiger partial charge in [-0.15, -0.1) is 0 Å². The van der Waals surface area contributed by atoms with Gasteiger partial charge in [0.2, 0.25) is 0 Å². The van der Waals surface area contributed by atoms with Crippen LogP contribution in [0.5, 0.6) is 0 Å². The maximum absolute atomic E-state index is 5.46. The van der Waals surface area contributed by atoms with Gasteiger partial charge >= 0.3 is 164 Å². The van der Waals surface area contributed by atoms with E-state index in [0.29, 0.717) is 45.9 Å². The first-order valence-electron chi connectivity index (χ1n) is 3.70. The molecule has 0 N–H and O–H groups in total. The van der Waals surface area contributed by atoms with Crippen molar-refractivity contribution in [1.29, 1.82) is 0 Å². The molecule has 0 aromatic heterocycles. The summed E-state index contributed by atoms with van der Waals surface area (Å²) in [6.45, 7) is 0. The van der Waals surface area contributed by atoms with E-state index in [4.69, 9.17) is 8.47 Å². The quantitative estimate of drug-likeness (QED) is 0.161. The molecule has 0 amide bonds. The van der Waals surface area contributed by atoms with Gasteiger partial charge in [0.15, 0.2) is 0 Å². The Hall–Kier alpha value is 5.35. The first-order chi connectivity index (χ1) is 6.41. The second-order valence-corrected chi connectivity index (χ2v) is 66.7. The molecule has 0 spiro atoms. The molecule has 0 aliphatic rings. The molecule has 0 rings (SSSR count). The van der Waals surface area contributed by atoms with Gasteiger partial charge in [-0.1, -0.05) is 0 Å². The van der Waals surface area contributed by atoms with Crippen LogP contribution in [0.25, 0.3) is 0 Å². The van der Waals surface area contributed by atoms with Crippen LogP contribution >= 0.6 is 0 Å². The van der Waals surface area contributed by atoms with Gasteiger partial charge in [-0.25, -0.2) is 0 Å². The van der Waals surface area contributed by atoms with Gasteiger partial charge in [-0.2, -0.15) is 0 Å². The van der Waals surface area contributed by atoms with Crippen molar-refractivity contribution >= 4 is 156 Å². The Balaban J connectivity index is 2.76. The zero-order valence-corrected chi connectivity index (χ0v) is 39.6. The van der Waals surface area contributed by atoms with E-state index in [1.807, 2.05) is 0 Å². The number of hydrogen-bond acceptors (Lipinski definition) is 6. The molecule has 0 heterocycles. The summed E-state index contributed by atoms with van der Waals surface area (Å²) in [5, 5.41) is 0. The Morgan fingerprint density at radius 1 is 0.538 bits per heavy atom. The summed E-state index contributed by atoms with van der Waals surface area (Å²) < 4.78 is 32.0. The third-order valence-electron chi connectivity index (χ3n) is 0.902. The molecule has 0 saturated heterocycles. The van der Waals surface area contributed by atoms with Crippen LogP contribution in [0.1, 0.15) is 0 Å². The summed E-state index contributed by atoms with van der Waals surface area (Å²) in [6, 6.07) is 0. The zero-order chi connectivity index (χ0) is 9.78. The van der Waals surface area contributed by atoms with Crippen molar-refractivity contribution in [3.63, 3.8) is 0 Å². The Kier molecular flexibility index (Phi) is 24.5. The predicted molar refractivity (Wildman–Crippen MR) is 69.1 cm³/mol. The topological polar surface area (TPSA) is 55.4 Å². The Bertz CT molecular complexity index is 79.1. The fraction of sp³-hybridized carbons (Fsp3) is 0. The van der Waals surface area contributed by atoms with Crippen LogP contribution in [-0.2, 0) is 8.47 Å². The number of rotatable bonds is 10. The van der Waals surface area contributed by atoms with E-state index in [9.17, 15) is 0 Å². The van der Waals surface area contributed by atoms with E-state index in [0.717, 1.165) is 0 Å². The van der Waals surface area contributed by atoms with Crippen LogP contribution in [-0.4, -0.2) is 156 Å². The van der Waals surface area contributed by atoms with Crippen molar-refractivity contribution in [3.05, 3.63) is 0 Å². The molecule has 80 valence electrons. The SMILES string of the molecule is [SnH3][O][SnH2][O][SnH2][O][SnH2][O][SnH2][O][SnH2][O][SnH3]. The summed E-state index contributed by atoms with van der Waals surface area (Å²) in [5.74, 6) is 0. The van der Waals surface area contributed by atoms with Crippen molar-refractivity contribution in [2.24, 2.45) is 0 Å². The van der Waals surface area contributed by atoms with Crippen molar-refractivity contribution in [2.45, 2.75) is 0 Å². The van der Waals surface area contributed by atoms with E-state index in [1.165, 1.54) is 0 Å². The van der Waals surface area contributed by atoms with Gasteiger partial charge in [0, 0.05) is 0 Å². The molecule has 0 aliphatic heterocycles.